The van der Waals surface area contributed by atoms with Crippen molar-refractivity contribution in [2.75, 3.05) is 27.3 Å². The van der Waals surface area contributed by atoms with E-state index in [1.54, 1.807) is 0 Å². The number of rotatable bonds is 5. The highest BCUT2D eigenvalue weighted by Gasteiger charge is 2.52. The summed E-state index contributed by atoms with van der Waals surface area (Å²) in [5.74, 6) is -1.20. The highest BCUT2D eigenvalue weighted by Crippen LogP contribution is 2.35. The number of methoxy groups -OCH3 is 1. The van der Waals surface area contributed by atoms with Crippen LogP contribution in [-0.4, -0.2) is 56.5 Å². The van der Waals surface area contributed by atoms with Gasteiger partial charge in [-0.25, -0.2) is 12.8 Å². The van der Waals surface area contributed by atoms with Crippen LogP contribution in [0.3, 0.4) is 0 Å². The van der Waals surface area contributed by atoms with E-state index in [-0.39, 0.29) is 18.0 Å². The summed E-state index contributed by atoms with van der Waals surface area (Å²) in [7, 11) is -1.22. The molecule has 7 nitrogen and oxygen atoms in total. The van der Waals surface area contributed by atoms with E-state index < -0.39 is 27.3 Å². The number of pyridine rings is 1. The topological polar surface area (TPSA) is 88.6 Å². The number of likely N-dealkylation sites (N-methyl/N-ethyl adjacent to an activating group) is 1. The molecule has 1 aliphatic heterocycles. The Balaban J connectivity index is 2.50. The van der Waals surface area contributed by atoms with E-state index in [0.29, 0.717) is 12.8 Å². The van der Waals surface area contributed by atoms with E-state index in [1.807, 2.05) is 0 Å². The van der Waals surface area contributed by atoms with Crippen LogP contribution in [-0.2, 0) is 19.6 Å². The average molecular weight is 331 g/mol. The van der Waals surface area contributed by atoms with Crippen molar-refractivity contribution in [1.82, 2.24) is 14.6 Å². The lowest BCUT2D eigenvalue weighted by Crippen LogP contribution is -2.59. The molecule has 1 N–H and O–H groups in total. The zero-order chi connectivity index (χ0) is 16.4. The number of halogens is 1. The number of carbonyl (C=O) groups is 1. The Morgan fingerprint density at radius 1 is 1.55 bits per heavy atom. The first-order valence-corrected chi connectivity index (χ1v) is 8.17. The Hall–Kier alpha value is -1.58. The molecular weight excluding hydrogens is 313 g/mol. The zero-order valence-corrected chi connectivity index (χ0v) is 13.2. The first-order chi connectivity index (χ1) is 10.4. The standard InChI is InChI=1S/C13H18FN3O4S/c1-15-12(18)13(9-21-2)4-3-5-17(13)22(19,20)11-6-10(14)7-16-8-11/h6-8H,3-5,9H2,1-2H3,(H,15,18). The SMILES string of the molecule is CNC(=O)C1(COC)CCCN1S(=O)(=O)c1cncc(F)c1. The second-order valence-corrected chi connectivity index (χ2v) is 6.93. The van der Waals surface area contributed by atoms with E-state index in [2.05, 4.69) is 10.3 Å². The maximum absolute atomic E-state index is 13.3. The van der Waals surface area contributed by atoms with Crippen LogP contribution < -0.4 is 5.32 Å². The van der Waals surface area contributed by atoms with Crippen molar-refractivity contribution in [3.63, 3.8) is 0 Å². The van der Waals surface area contributed by atoms with Gasteiger partial charge in [0.25, 0.3) is 0 Å². The van der Waals surface area contributed by atoms with Crippen molar-refractivity contribution in [2.45, 2.75) is 23.3 Å². The van der Waals surface area contributed by atoms with E-state index in [0.717, 1.165) is 22.8 Å². The van der Waals surface area contributed by atoms with Crippen molar-refractivity contribution >= 4 is 15.9 Å². The molecule has 0 aromatic carbocycles. The van der Waals surface area contributed by atoms with Gasteiger partial charge in [0, 0.05) is 26.9 Å². The molecule has 1 saturated heterocycles. The summed E-state index contributed by atoms with van der Waals surface area (Å²) in [6.07, 6.45) is 2.84. The number of ether oxygens (including phenoxy) is 1. The number of hydrogen-bond acceptors (Lipinski definition) is 5. The minimum atomic E-state index is -4.06. The molecule has 9 heteroatoms. The number of hydrogen-bond donors (Lipinski definition) is 1. The van der Waals surface area contributed by atoms with Crippen molar-refractivity contribution in [2.24, 2.45) is 0 Å². The number of aromatic nitrogens is 1. The van der Waals surface area contributed by atoms with Gasteiger partial charge in [-0.3, -0.25) is 9.78 Å². The van der Waals surface area contributed by atoms with E-state index in [9.17, 15) is 17.6 Å². The monoisotopic (exact) mass is 331 g/mol. The summed E-state index contributed by atoms with van der Waals surface area (Å²) in [6.45, 7) is 0.0876. The molecule has 22 heavy (non-hydrogen) atoms. The summed E-state index contributed by atoms with van der Waals surface area (Å²) in [4.78, 5) is 15.6. The van der Waals surface area contributed by atoms with Crippen molar-refractivity contribution in [3.8, 4) is 0 Å². The van der Waals surface area contributed by atoms with Gasteiger partial charge in [-0.1, -0.05) is 0 Å². The normalized spacial score (nSPS) is 22.7. The third-order valence-electron chi connectivity index (χ3n) is 3.73. The lowest BCUT2D eigenvalue weighted by molar-refractivity contribution is -0.131. The Labute approximate surface area is 128 Å². The molecule has 0 saturated carbocycles. The molecule has 2 heterocycles. The number of nitrogens with one attached hydrogen (secondary N) is 1. The molecule has 1 fully saturated rings. The molecule has 0 radical (unpaired) electrons. The largest absolute Gasteiger partial charge is 0.382 e. The van der Waals surface area contributed by atoms with Gasteiger partial charge in [-0.2, -0.15) is 4.31 Å². The third kappa shape index (κ3) is 2.71. The molecule has 1 atom stereocenters. The van der Waals surface area contributed by atoms with Crippen LogP contribution in [0.1, 0.15) is 12.8 Å². The van der Waals surface area contributed by atoms with Gasteiger partial charge < -0.3 is 10.1 Å². The minimum Gasteiger partial charge on any atom is -0.382 e. The number of carbonyl (C=O) groups excluding carboxylic acids is 1. The highest BCUT2D eigenvalue weighted by atomic mass is 32.2. The van der Waals surface area contributed by atoms with Gasteiger partial charge >= 0.3 is 0 Å². The Bertz CT molecular complexity index is 667. The van der Waals surface area contributed by atoms with E-state index >= 15 is 0 Å². The molecule has 1 aliphatic rings. The highest BCUT2D eigenvalue weighted by molar-refractivity contribution is 7.89. The average Bonchev–Trinajstić information content (AvgIpc) is 2.92. The predicted octanol–water partition coefficient (Wildman–Crippen LogP) is 0.136. The lowest BCUT2D eigenvalue weighted by Gasteiger charge is -2.35. The van der Waals surface area contributed by atoms with Crippen LogP contribution in [0.25, 0.3) is 0 Å². The Kier molecular flexibility index (Phi) is 4.78. The van der Waals surface area contributed by atoms with Crippen molar-refractivity contribution in [1.29, 1.82) is 0 Å². The molecule has 0 aliphatic carbocycles. The van der Waals surface area contributed by atoms with Crippen LogP contribution in [0.2, 0.25) is 0 Å². The number of amides is 1. The summed E-state index contributed by atoms with van der Waals surface area (Å²) < 4.78 is 45.0. The second-order valence-electron chi connectivity index (χ2n) is 5.06. The van der Waals surface area contributed by atoms with Gasteiger partial charge in [0.1, 0.15) is 16.3 Å². The maximum Gasteiger partial charge on any atom is 0.245 e. The zero-order valence-electron chi connectivity index (χ0n) is 12.4. The minimum absolute atomic E-state index is 0.0748. The summed E-state index contributed by atoms with van der Waals surface area (Å²) in [6, 6.07) is 0.891. The molecular formula is C13H18FN3O4S. The first-order valence-electron chi connectivity index (χ1n) is 6.73. The molecule has 0 bridgehead atoms. The fourth-order valence-corrected chi connectivity index (χ4v) is 4.54. The molecule has 122 valence electrons. The van der Waals surface area contributed by atoms with Crippen LogP contribution in [0.15, 0.2) is 23.4 Å². The molecule has 1 aromatic rings. The lowest BCUT2D eigenvalue weighted by atomic mass is 9.97. The van der Waals surface area contributed by atoms with Gasteiger partial charge in [0.2, 0.25) is 15.9 Å². The van der Waals surface area contributed by atoms with E-state index in [4.69, 9.17) is 4.74 Å². The van der Waals surface area contributed by atoms with Crippen molar-refractivity contribution < 1.29 is 22.3 Å². The van der Waals surface area contributed by atoms with Crippen LogP contribution in [0.4, 0.5) is 4.39 Å². The van der Waals surface area contributed by atoms with Crippen LogP contribution >= 0.6 is 0 Å². The summed E-state index contributed by atoms with van der Waals surface area (Å²) in [5.41, 5.74) is -1.32. The molecule has 1 unspecified atom stereocenters. The maximum atomic E-state index is 13.3. The summed E-state index contributed by atoms with van der Waals surface area (Å²) >= 11 is 0. The number of sulfonamides is 1. The quantitative estimate of drug-likeness (QED) is 0.829. The fourth-order valence-electron chi connectivity index (χ4n) is 2.77. The first kappa shape index (κ1) is 16.8. The smallest absolute Gasteiger partial charge is 0.245 e. The van der Waals surface area contributed by atoms with Crippen LogP contribution in [0.5, 0.6) is 0 Å². The van der Waals surface area contributed by atoms with Gasteiger partial charge in [0.05, 0.1) is 12.8 Å². The van der Waals surface area contributed by atoms with E-state index in [1.165, 1.54) is 14.2 Å². The van der Waals surface area contributed by atoms with Gasteiger partial charge in [0.15, 0.2) is 0 Å². The molecule has 1 aromatic heterocycles. The Morgan fingerprint density at radius 2 is 2.27 bits per heavy atom. The number of nitrogens with zero attached hydrogens (tertiary/aromatic N) is 2. The summed E-state index contributed by atoms with van der Waals surface area (Å²) in [5, 5.41) is 2.48. The third-order valence-corrected chi connectivity index (χ3v) is 5.66. The Morgan fingerprint density at radius 3 is 2.86 bits per heavy atom. The predicted molar refractivity (Wildman–Crippen MR) is 76.0 cm³/mol. The molecule has 1 amide bonds. The molecule has 0 spiro atoms. The fraction of sp³-hybridized carbons (Fsp3) is 0.538. The van der Waals surface area contributed by atoms with Gasteiger partial charge in [-0.05, 0) is 18.9 Å². The molecule has 2 rings (SSSR count). The van der Waals surface area contributed by atoms with Crippen molar-refractivity contribution in [3.05, 3.63) is 24.3 Å². The van der Waals surface area contributed by atoms with Crippen LogP contribution in [0, 0.1) is 5.82 Å². The second kappa shape index (κ2) is 6.27. The van der Waals surface area contributed by atoms with Gasteiger partial charge in [-0.15, -0.1) is 0 Å².